The first-order chi connectivity index (χ1) is 10.9. The van der Waals surface area contributed by atoms with E-state index in [1.807, 2.05) is 24.3 Å². The second kappa shape index (κ2) is 8.10. The monoisotopic (exact) mass is 342 g/mol. The van der Waals surface area contributed by atoms with Crippen molar-refractivity contribution in [2.24, 2.45) is 0 Å². The standard InChI is InChI=1S/C16H26N2O4S/c1-3-14-4-6-16(7-5-14)22-13-15(19)12-17-8-10-18(11-9-17)23(2,20)21/h4-7,15,19H,3,8-13H2,1-2H3/t15-/m0/s1. The maximum Gasteiger partial charge on any atom is 0.211 e. The van der Waals surface area contributed by atoms with Gasteiger partial charge in [-0.2, -0.15) is 4.31 Å². The maximum absolute atomic E-state index is 11.5. The normalized spacial score (nSPS) is 18.7. The number of sulfonamides is 1. The van der Waals surface area contributed by atoms with Crippen LogP contribution >= 0.6 is 0 Å². The molecule has 0 amide bonds. The van der Waals surface area contributed by atoms with Crippen LogP contribution in [-0.4, -0.2) is 74.4 Å². The molecule has 7 heteroatoms. The van der Waals surface area contributed by atoms with Gasteiger partial charge in [0.05, 0.1) is 6.26 Å². The van der Waals surface area contributed by atoms with Crippen LogP contribution in [0, 0.1) is 0 Å². The Balaban J connectivity index is 1.72. The molecule has 0 bridgehead atoms. The van der Waals surface area contributed by atoms with Gasteiger partial charge in [0.25, 0.3) is 0 Å². The Bertz CT molecular complexity index is 581. The number of hydrogen-bond acceptors (Lipinski definition) is 5. The third kappa shape index (κ3) is 5.76. The lowest BCUT2D eigenvalue weighted by Gasteiger charge is -2.34. The molecule has 0 radical (unpaired) electrons. The molecule has 1 aromatic carbocycles. The van der Waals surface area contributed by atoms with E-state index >= 15 is 0 Å². The largest absolute Gasteiger partial charge is 0.491 e. The molecule has 1 fully saturated rings. The Kier molecular flexibility index (Phi) is 6.41. The van der Waals surface area contributed by atoms with Crippen molar-refractivity contribution in [2.75, 3.05) is 45.6 Å². The SMILES string of the molecule is CCc1ccc(OC[C@@H](O)CN2CCN(S(C)(=O)=O)CC2)cc1. The van der Waals surface area contributed by atoms with Gasteiger partial charge in [-0.1, -0.05) is 19.1 Å². The molecule has 1 aromatic rings. The highest BCUT2D eigenvalue weighted by atomic mass is 32.2. The lowest BCUT2D eigenvalue weighted by Crippen LogP contribution is -2.50. The summed E-state index contributed by atoms with van der Waals surface area (Å²) in [6.07, 6.45) is 1.63. The van der Waals surface area contributed by atoms with E-state index in [1.54, 1.807) is 0 Å². The molecule has 0 unspecified atom stereocenters. The number of aryl methyl sites for hydroxylation is 1. The Morgan fingerprint density at radius 1 is 1.17 bits per heavy atom. The number of rotatable bonds is 7. The van der Waals surface area contributed by atoms with Crippen molar-refractivity contribution in [3.05, 3.63) is 29.8 Å². The number of ether oxygens (including phenoxy) is 1. The molecule has 2 rings (SSSR count). The molecule has 1 aliphatic rings. The van der Waals surface area contributed by atoms with E-state index < -0.39 is 16.1 Å². The summed E-state index contributed by atoms with van der Waals surface area (Å²) >= 11 is 0. The molecular formula is C16H26N2O4S. The minimum atomic E-state index is -3.11. The van der Waals surface area contributed by atoms with Crippen LogP contribution < -0.4 is 4.74 Å². The average molecular weight is 342 g/mol. The first kappa shape index (κ1) is 18.2. The molecule has 0 aromatic heterocycles. The molecule has 23 heavy (non-hydrogen) atoms. The van der Waals surface area contributed by atoms with Gasteiger partial charge in [0.15, 0.2) is 0 Å². The van der Waals surface area contributed by atoms with Crippen LogP contribution in [0.25, 0.3) is 0 Å². The quantitative estimate of drug-likeness (QED) is 0.784. The molecule has 0 spiro atoms. The van der Waals surface area contributed by atoms with Crippen molar-refractivity contribution in [3.63, 3.8) is 0 Å². The summed E-state index contributed by atoms with van der Waals surface area (Å²) in [7, 11) is -3.11. The van der Waals surface area contributed by atoms with Crippen LogP contribution in [0.4, 0.5) is 0 Å². The van der Waals surface area contributed by atoms with Gasteiger partial charge in [0.2, 0.25) is 10.0 Å². The van der Waals surface area contributed by atoms with E-state index in [-0.39, 0.29) is 6.61 Å². The van der Waals surface area contributed by atoms with Gasteiger partial charge < -0.3 is 9.84 Å². The molecule has 1 saturated heterocycles. The summed E-state index contributed by atoms with van der Waals surface area (Å²) in [6, 6.07) is 7.87. The summed E-state index contributed by atoms with van der Waals surface area (Å²) in [5.74, 6) is 0.753. The number of benzene rings is 1. The second-order valence-corrected chi connectivity index (χ2v) is 7.91. The third-order valence-corrected chi connectivity index (χ3v) is 5.35. The van der Waals surface area contributed by atoms with E-state index in [9.17, 15) is 13.5 Å². The summed E-state index contributed by atoms with van der Waals surface area (Å²) in [5, 5.41) is 10.1. The molecule has 1 aliphatic heterocycles. The maximum atomic E-state index is 11.5. The van der Waals surface area contributed by atoms with Crippen LogP contribution in [0.3, 0.4) is 0 Å². The van der Waals surface area contributed by atoms with E-state index in [0.717, 1.165) is 12.2 Å². The zero-order valence-electron chi connectivity index (χ0n) is 13.8. The van der Waals surface area contributed by atoms with Gasteiger partial charge in [-0.3, -0.25) is 4.90 Å². The number of hydrogen-bond donors (Lipinski definition) is 1. The fourth-order valence-corrected chi connectivity index (χ4v) is 3.43. The van der Waals surface area contributed by atoms with Gasteiger partial charge in [0, 0.05) is 32.7 Å². The fourth-order valence-electron chi connectivity index (χ4n) is 2.61. The lowest BCUT2D eigenvalue weighted by atomic mass is 10.2. The summed E-state index contributed by atoms with van der Waals surface area (Å²) in [4.78, 5) is 2.07. The second-order valence-electron chi connectivity index (χ2n) is 5.92. The average Bonchev–Trinajstić information content (AvgIpc) is 2.53. The van der Waals surface area contributed by atoms with E-state index in [2.05, 4.69) is 11.8 Å². The number of β-amino-alcohol motifs (C(OH)–C–C–N with tert-alkyl or cyclic N) is 1. The van der Waals surface area contributed by atoms with E-state index in [1.165, 1.54) is 16.1 Å². The molecule has 1 N–H and O–H groups in total. The third-order valence-electron chi connectivity index (χ3n) is 4.04. The first-order valence-electron chi connectivity index (χ1n) is 7.95. The number of aliphatic hydroxyl groups is 1. The fraction of sp³-hybridized carbons (Fsp3) is 0.625. The molecule has 0 aliphatic carbocycles. The highest BCUT2D eigenvalue weighted by Crippen LogP contribution is 2.13. The lowest BCUT2D eigenvalue weighted by molar-refractivity contribution is 0.0569. The first-order valence-corrected chi connectivity index (χ1v) is 9.80. The number of aliphatic hydroxyl groups excluding tert-OH is 1. The molecular weight excluding hydrogens is 316 g/mol. The highest BCUT2D eigenvalue weighted by Gasteiger charge is 2.24. The van der Waals surface area contributed by atoms with Crippen LogP contribution in [0.1, 0.15) is 12.5 Å². The van der Waals surface area contributed by atoms with Gasteiger partial charge >= 0.3 is 0 Å². The summed E-state index contributed by atoms with van der Waals surface area (Å²) in [6.45, 7) is 5.05. The number of nitrogens with zero attached hydrogens (tertiary/aromatic N) is 2. The van der Waals surface area contributed by atoms with Crippen molar-refractivity contribution in [1.29, 1.82) is 0 Å². The molecule has 1 heterocycles. The zero-order valence-corrected chi connectivity index (χ0v) is 14.6. The van der Waals surface area contributed by atoms with Crippen molar-refractivity contribution in [2.45, 2.75) is 19.4 Å². The molecule has 130 valence electrons. The molecule has 1 atom stereocenters. The van der Waals surface area contributed by atoms with Gasteiger partial charge in [-0.05, 0) is 24.1 Å². The Hall–Kier alpha value is -1.15. The van der Waals surface area contributed by atoms with Crippen LogP contribution in [0.5, 0.6) is 5.75 Å². The Morgan fingerprint density at radius 2 is 1.78 bits per heavy atom. The Labute approximate surface area is 138 Å². The minimum Gasteiger partial charge on any atom is -0.491 e. The summed E-state index contributed by atoms with van der Waals surface area (Å²) < 4.78 is 30.0. The predicted octanol–water partition coefficient (Wildman–Crippen LogP) is 0.566. The Morgan fingerprint density at radius 3 is 2.30 bits per heavy atom. The summed E-state index contributed by atoms with van der Waals surface area (Å²) in [5.41, 5.74) is 1.25. The van der Waals surface area contributed by atoms with Crippen LogP contribution in [-0.2, 0) is 16.4 Å². The van der Waals surface area contributed by atoms with E-state index in [4.69, 9.17) is 4.74 Å². The minimum absolute atomic E-state index is 0.234. The van der Waals surface area contributed by atoms with Gasteiger partial charge in [0.1, 0.15) is 18.5 Å². The molecule has 0 saturated carbocycles. The van der Waals surface area contributed by atoms with Crippen molar-refractivity contribution in [1.82, 2.24) is 9.21 Å². The van der Waals surface area contributed by atoms with Gasteiger partial charge in [-0.25, -0.2) is 8.42 Å². The number of piperazine rings is 1. The van der Waals surface area contributed by atoms with Crippen molar-refractivity contribution in [3.8, 4) is 5.75 Å². The molecule has 6 nitrogen and oxygen atoms in total. The smallest absolute Gasteiger partial charge is 0.211 e. The van der Waals surface area contributed by atoms with Crippen LogP contribution in [0.2, 0.25) is 0 Å². The van der Waals surface area contributed by atoms with Crippen molar-refractivity contribution < 1.29 is 18.3 Å². The highest BCUT2D eigenvalue weighted by molar-refractivity contribution is 7.88. The van der Waals surface area contributed by atoms with E-state index in [0.29, 0.717) is 32.7 Å². The van der Waals surface area contributed by atoms with Crippen molar-refractivity contribution >= 4 is 10.0 Å². The van der Waals surface area contributed by atoms with Gasteiger partial charge in [-0.15, -0.1) is 0 Å². The van der Waals surface area contributed by atoms with Crippen LogP contribution in [0.15, 0.2) is 24.3 Å². The topological polar surface area (TPSA) is 70.1 Å². The predicted molar refractivity (Wildman–Crippen MR) is 90.2 cm³/mol. The zero-order chi connectivity index (χ0) is 16.9.